The Bertz CT molecular complexity index is 657. The minimum absolute atomic E-state index is 0.242. The lowest BCUT2D eigenvalue weighted by atomic mass is 10.1. The SMILES string of the molecule is Cc1cc(CS(=O)(=O)Nc2cc(C(C)C)[nH]n2)no1. The number of hydrogen-bond donors (Lipinski definition) is 2. The Morgan fingerprint density at radius 1 is 1.42 bits per heavy atom. The van der Waals surface area contributed by atoms with Crippen molar-refractivity contribution in [3.63, 3.8) is 0 Å². The van der Waals surface area contributed by atoms with Crippen molar-refractivity contribution in [3.8, 4) is 0 Å². The van der Waals surface area contributed by atoms with Gasteiger partial charge in [-0.1, -0.05) is 19.0 Å². The third kappa shape index (κ3) is 3.57. The molecule has 7 nitrogen and oxygen atoms in total. The standard InChI is InChI=1S/C11H16N4O3S/c1-7(2)10-5-11(13-12-10)15-19(16,17)6-9-4-8(3)18-14-9/h4-5,7H,6H2,1-3H3,(H2,12,13,15). The Morgan fingerprint density at radius 2 is 2.16 bits per heavy atom. The summed E-state index contributed by atoms with van der Waals surface area (Å²) in [5.41, 5.74) is 1.24. The molecule has 0 radical (unpaired) electrons. The molecule has 2 aromatic heterocycles. The second-order valence-electron chi connectivity index (χ2n) is 4.65. The average Bonchev–Trinajstić information content (AvgIpc) is 2.87. The summed E-state index contributed by atoms with van der Waals surface area (Å²) >= 11 is 0. The van der Waals surface area contributed by atoms with Gasteiger partial charge in [-0.3, -0.25) is 9.82 Å². The molecule has 2 rings (SSSR count). The molecule has 0 spiro atoms. The molecule has 0 unspecified atom stereocenters. The van der Waals surface area contributed by atoms with E-state index in [1.807, 2.05) is 13.8 Å². The second-order valence-corrected chi connectivity index (χ2v) is 6.38. The van der Waals surface area contributed by atoms with Crippen LogP contribution < -0.4 is 4.72 Å². The van der Waals surface area contributed by atoms with Gasteiger partial charge in [0, 0.05) is 17.8 Å². The fraction of sp³-hybridized carbons (Fsp3) is 0.455. The Morgan fingerprint density at radius 3 is 2.68 bits per heavy atom. The summed E-state index contributed by atoms with van der Waals surface area (Å²) in [4.78, 5) is 0. The van der Waals surface area contributed by atoms with Gasteiger partial charge < -0.3 is 4.52 Å². The summed E-state index contributed by atoms with van der Waals surface area (Å²) in [7, 11) is -3.54. The lowest BCUT2D eigenvalue weighted by Crippen LogP contribution is -2.15. The summed E-state index contributed by atoms with van der Waals surface area (Å²) in [5, 5.41) is 10.3. The highest BCUT2D eigenvalue weighted by Gasteiger charge is 2.16. The van der Waals surface area contributed by atoms with Crippen molar-refractivity contribution in [2.75, 3.05) is 4.72 Å². The van der Waals surface area contributed by atoms with E-state index in [-0.39, 0.29) is 17.5 Å². The van der Waals surface area contributed by atoms with Gasteiger partial charge in [-0.15, -0.1) is 0 Å². The molecule has 0 amide bonds. The predicted molar refractivity (Wildman–Crippen MR) is 70.2 cm³/mol. The zero-order chi connectivity index (χ0) is 14.0. The molecule has 0 aliphatic heterocycles. The molecule has 0 aliphatic carbocycles. The highest BCUT2D eigenvalue weighted by atomic mass is 32.2. The molecular formula is C11H16N4O3S. The van der Waals surface area contributed by atoms with Gasteiger partial charge >= 0.3 is 0 Å². The smallest absolute Gasteiger partial charge is 0.239 e. The van der Waals surface area contributed by atoms with E-state index in [1.54, 1.807) is 19.1 Å². The molecule has 2 N–H and O–H groups in total. The molecule has 104 valence electrons. The first-order chi connectivity index (χ1) is 8.85. The number of nitrogens with one attached hydrogen (secondary N) is 2. The number of aromatic amines is 1. The van der Waals surface area contributed by atoms with Crippen LogP contribution in [0.5, 0.6) is 0 Å². The first-order valence-electron chi connectivity index (χ1n) is 5.84. The lowest BCUT2D eigenvalue weighted by molar-refractivity contribution is 0.392. The summed E-state index contributed by atoms with van der Waals surface area (Å²) in [6, 6.07) is 3.26. The largest absolute Gasteiger partial charge is 0.361 e. The highest BCUT2D eigenvalue weighted by Crippen LogP contribution is 2.16. The van der Waals surface area contributed by atoms with Crippen molar-refractivity contribution >= 4 is 15.8 Å². The monoisotopic (exact) mass is 284 g/mol. The molecule has 0 atom stereocenters. The number of aromatic nitrogens is 3. The maximum atomic E-state index is 11.9. The number of rotatable bonds is 5. The summed E-state index contributed by atoms with van der Waals surface area (Å²) in [6.45, 7) is 5.69. The molecule has 0 aromatic carbocycles. The van der Waals surface area contributed by atoms with Crippen LogP contribution in [-0.4, -0.2) is 23.8 Å². The van der Waals surface area contributed by atoms with Gasteiger partial charge in [0.1, 0.15) is 17.2 Å². The molecule has 19 heavy (non-hydrogen) atoms. The zero-order valence-electron chi connectivity index (χ0n) is 11.0. The van der Waals surface area contributed by atoms with E-state index in [0.717, 1.165) is 5.69 Å². The van der Waals surface area contributed by atoms with Crippen LogP contribution in [0.2, 0.25) is 0 Å². The quantitative estimate of drug-likeness (QED) is 0.871. The minimum Gasteiger partial charge on any atom is -0.361 e. The molecule has 0 fully saturated rings. The zero-order valence-corrected chi connectivity index (χ0v) is 11.8. The Hall–Kier alpha value is -1.83. The van der Waals surface area contributed by atoms with Crippen LogP contribution in [0.15, 0.2) is 16.7 Å². The van der Waals surface area contributed by atoms with E-state index in [1.165, 1.54) is 0 Å². The Balaban J connectivity index is 2.08. The third-order valence-corrected chi connectivity index (χ3v) is 3.69. The molecule has 0 saturated carbocycles. The first-order valence-corrected chi connectivity index (χ1v) is 7.49. The van der Waals surface area contributed by atoms with Gasteiger partial charge in [0.2, 0.25) is 10.0 Å². The van der Waals surface area contributed by atoms with E-state index in [0.29, 0.717) is 11.5 Å². The molecule has 2 aromatic rings. The number of sulfonamides is 1. The van der Waals surface area contributed by atoms with Crippen molar-refractivity contribution in [1.29, 1.82) is 0 Å². The third-order valence-electron chi connectivity index (χ3n) is 2.49. The Kier molecular flexibility index (Phi) is 3.61. The van der Waals surface area contributed by atoms with Crippen LogP contribution in [0.4, 0.5) is 5.82 Å². The molecule has 0 aliphatic rings. The van der Waals surface area contributed by atoms with Crippen LogP contribution in [0.25, 0.3) is 0 Å². The van der Waals surface area contributed by atoms with Gasteiger partial charge in [-0.2, -0.15) is 5.10 Å². The van der Waals surface area contributed by atoms with E-state index in [9.17, 15) is 8.42 Å². The molecule has 0 saturated heterocycles. The maximum Gasteiger partial charge on any atom is 0.239 e. The van der Waals surface area contributed by atoms with Gasteiger partial charge in [-0.25, -0.2) is 8.42 Å². The molecule has 0 bridgehead atoms. The average molecular weight is 284 g/mol. The minimum atomic E-state index is -3.54. The molecular weight excluding hydrogens is 268 g/mol. The maximum absolute atomic E-state index is 11.9. The van der Waals surface area contributed by atoms with E-state index in [2.05, 4.69) is 20.1 Å². The van der Waals surface area contributed by atoms with E-state index < -0.39 is 10.0 Å². The van der Waals surface area contributed by atoms with Crippen molar-refractivity contribution in [3.05, 3.63) is 29.3 Å². The van der Waals surface area contributed by atoms with Crippen LogP contribution in [-0.2, 0) is 15.8 Å². The van der Waals surface area contributed by atoms with E-state index >= 15 is 0 Å². The first kappa shape index (κ1) is 13.6. The fourth-order valence-electron chi connectivity index (χ4n) is 1.56. The fourth-order valence-corrected chi connectivity index (χ4v) is 2.58. The number of hydrogen-bond acceptors (Lipinski definition) is 5. The number of H-pyrrole nitrogens is 1. The Labute approximate surface area is 111 Å². The number of nitrogens with zero attached hydrogens (tertiary/aromatic N) is 2. The normalized spacial score (nSPS) is 12.0. The van der Waals surface area contributed by atoms with Gasteiger partial charge in [0.15, 0.2) is 5.82 Å². The second kappa shape index (κ2) is 5.04. The topological polar surface area (TPSA) is 101 Å². The van der Waals surface area contributed by atoms with Crippen molar-refractivity contribution in [1.82, 2.24) is 15.4 Å². The van der Waals surface area contributed by atoms with Gasteiger partial charge in [0.05, 0.1) is 0 Å². The van der Waals surface area contributed by atoms with Crippen molar-refractivity contribution < 1.29 is 12.9 Å². The van der Waals surface area contributed by atoms with E-state index in [4.69, 9.17) is 4.52 Å². The number of aryl methyl sites for hydroxylation is 1. The number of anilines is 1. The van der Waals surface area contributed by atoms with Gasteiger partial charge in [-0.05, 0) is 12.8 Å². The van der Waals surface area contributed by atoms with Crippen LogP contribution >= 0.6 is 0 Å². The van der Waals surface area contributed by atoms with Crippen molar-refractivity contribution in [2.24, 2.45) is 0 Å². The van der Waals surface area contributed by atoms with Crippen LogP contribution in [0.3, 0.4) is 0 Å². The van der Waals surface area contributed by atoms with Crippen LogP contribution in [0.1, 0.15) is 36.9 Å². The van der Waals surface area contributed by atoms with Gasteiger partial charge in [0.25, 0.3) is 0 Å². The van der Waals surface area contributed by atoms with Crippen LogP contribution in [0, 0.1) is 6.92 Å². The predicted octanol–water partition coefficient (Wildman–Crippen LogP) is 1.77. The highest BCUT2D eigenvalue weighted by molar-refractivity contribution is 7.91. The lowest BCUT2D eigenvalue weighted by Gasteiger charge is -2.02. The summed E-state index contributed by atoms with van der Waals surface area (Å²) < 4.78 is 31.1. The summed E-state index contributed by atoms with van der Waals surface area (Å²) in [5.74, 6) is 0.869. The summed E-state index contributed by atoms with van der Waals surface area (Å²) in [6.07, 6.45) is 0. The molecule has 8 heteroatoms. The van der Waals surface area contributed by atoms with Crippen molar-refractivity contribution in [2.45, 2.75) is 32.4 Å². The molecule has 2 heterocycles.